The number of ketones is 1. The van der Waals surface area contributed by atoms with Crippen molar-refractivity contribution in [1.82, 2.24) is 0 Å². The highest BCUT2D eigenvalue weighted by atomic mass is 35.5. The topological polar surface area (TPSA) is 17.1 Å². The summed E-state index contributed by atoms with van der Waals surface area (Å²) in [4.78, 5) is 12.3. The molecule has 0 spiro atoms. The van der Waals surface area contributed by atoms with Gasteiger partial charge in [0.2, 0.25) is 0 Å². The van der Waals surface area contributed by atoms with Crippen molar-refractivity contribution in [2.45, 2.75) is 25.1 Å². The zero-order valence-electron chi connectivity index (χ0n) is 11.1. The number of hydrogen-bond donors (Lipinski definition) is 0. The minimum absolute atomic E-state index is 0.0526. The zero-order chi connectivity index (χ0) is 13.8. The third-order valence-electron chi connectivity index (χ3n) is 3.18. The summed E-state index contributed by atoms with van der Waals surface area (Å²) >= 11 is 6.24. The molecule has 2 aromatic rings. The van der Waals surface area contributed by atoms with Crippen molar-refractivity contribution in [2.24, 2.45) is 0 Å². The van der Waals surface area contributed by atoms with Crippen LogP contribution < -0.4 is 0 Å². The molecule has 0 aliphatic heterocycles. The molecule has 0 bridgehead atoms. The van der Waals surface area contributed by atoms with E-state index < -0.39 is 5.38 Å². The Balaban J connectivity index is 2.20. The fourth-order valence-electron chi connectivity index (χ4n) is 1.95. The van der Waals surface area contributed by atoms with Crippen molar-refractivity contribution >= 4 is 17.4 Å². The van der Waals surface area contributed by atoms with E-state index in [9.17, 15) is 4.79 Å². The molecule has 0 saturated carbocycles. The molecule has 0 N–H and O–H groups in total. The monoisotopic (exact) mass is 272 g/mol. The van der Waals surface area contributed by atoms with Crippen LogP contribution in [0.4, 0.5) is 0 Å². The van der Waals surface area contributed by atoms with Crippen molar-refractivity contribution in [3.63, 3.8) is 0 Å². The molecule has 0 saturated heterocycles. The Morgan fingerprint density at radius 1 is 0.895 bits per heavy atom. The number of benzene rings is 2. The van der Waals surface area contributed by atoms with Crippen LogP contribution in [-0.4, -0.2) is 5.78 Å². The molecule has 1 unspecified atom stereocenters. The molecule has 2 rings (SSSR count). The predicted octanol–water partition coefficient (Wildman–Crippen LogP) is 4.97. The van der Waals surface area contributed by atoms with E-state index in [0.717, 1.165) is 5.56 Å². The standard InChI is InChI=1S/C17H17ClO/c1-12(2)13-8-10-15(11-9-13)17(19)16(18)14-6-4-3-5-7-14/h3-12,16H,1-2H3. The van der Waals surface area contributed by atoms with E-state index in [2.05, 4.69) is 13.8 Å². The van der Waals surface area contributed by atoms with Gasteiger partial charge in [0.25, 0.3) is 0 Å². The average Bonchev–Trinajstić information content (AvgIpc) is 2.46. The van der Waals surface area contributed by atoms with Crippen LogP contribution in [0, 0.1) is 0 Å². The number of alkyl halides is 1. The molecule has 98 valence electrons. The van der Waals surface area contributed by atoms with Crippen LogP contribution in [0.3, 0.4) is 0 Å². The van der Waals surface area contributed by atoms with Gasteiger partial charge in [-0.25, -0.2) is 0 Å². The van der Waals surface area contributed by atoms with Gasteiger partial charge >= 0.3 is 0 Å². The van der Waals surface area contributed by atoms with E-state index in [1.54, 1.807) is 0 Å². The molecule has 1 nitrogen and oxygen atoms in total. The third-order valence-corrected chi connectivity index (χ3v) is 3.63. The van der Waals surface area contributed by atoms with Crippen LogP contribution in [0.2, 0.25) is 0 Å². The van der Waals surface area contributed by atoms with Crippen molar-refractivity contribution in [3.8, 4) is 0 Å². The maximum atomic E-state index is 12.3. The van der Waals surface area contributed by atoms with Crippen LogP contribution in [0.1, 0.15) is 46.6 Å². The Hall–Kier alpha value is -1.60. The smallest absolute Gasteiger partial charge is 0.185 e. The van der Waals surface area contributed by atoms with E-state index in [-0.39, 0.29) is 5.78 Å². The van der Waals surface area contributed by atoms with Gasteiger partial charge in [-0.05, 0) is 17.0 Å². The van der Waals surface area contributed by atoms with Gasteiger partial charge in [0, 0.05) is 5.56 Å². The molecule has 0 radical (unpaired) electrons. The minimum Gasteiger partial charge on any atom is -0.292 e. The van der Waals surface area contributed by atoms with Gasteiger partial charge < -0.3 is 0 Å². The zero-order valence-corrected chi connectivity index (χ0v) is 11.9. The van der Waals surface area contributed by atoms with Crippen molar-refractivity contribution in [2.75, 3.05) is 0 Å². The van der Waals surface area contributed by atoms with Crippen molar-refractivity contribution in [3.05, 3.63) is 71.3 Å². The largest absolute Gasteiger partial charge is 0.292 e. The number of Topliss-reactive ketones (excluding diaryl/α,β-unsaturated/α-hetero) is 1. The van der Waals surface area contributed by atoms with Gasteiger partial charge in [-0.15, -0.1) is 11.6 Å². The highest BCUT2D eigenvalue weighted by molar-refractivity contribution is 6.33. The second-order valence-corrected chi connectivity index (χ2v) is 5.35. The van der Waals surface area contributed by atoms with Gasteiger partial charge in [0.1, 0.15) is 5.38 Å². The fraction of sp³-hybridized carbons (Fsp3) is 0.235. The summed E-state index contributed by atoms with van der Waals surface area (Å²) in [6, 6.07) is 17.1. The van der Waals surface area contributed by atoms with E-state index in [4.69, 9.17) is 11.6 Å². The molecule has 2 aromatic carbocycles. The number of hydrogen-bond acceptors (Lipinski definition) is 1. The van der Waals surface area contributed by atoms with Crippen LogP contribution in [-0.2, 0) is 0 Å². The van der Waals surface area contributed by atoms with Crippen LogP contribution >= 0.6 is 11.6 Å². The molecule has 19 heavy (non-hydrogen) atoms. The first-order chi connectivity index (χ1) is 9.09. The Morgan fingerprint density at radius 2 is 1.47 bits per heavy atom. The van der Waals surface area contributed by atoms with Crippen molar-refractivity contribution < 1.29 is 4.79 Å². The lowest BCUT2D eigenvalue weighted by molar-refractivity contribution is 0.0987. The average molecular weight is 273 g/mol. The Morgan fingerprint density at radius 3 is 2.00 bits per heavy atom. The molecular weight excluding hydrogens is 256 g/mol. The maximum absolute atomic E-state index is 12.3. The Bertz CT molecular complexity index is 543. The highest BCUT2D eigenvalue weighted by Crippen LogP contribution is 2.25. The number of rotatable bonds is 4. The lowest BCUT2D eigenvalue weighted by atomic mass is 9.98. The second-order valence-electron chi connectivity index (χ2n) is 4.91. The Kier molecular flexibility index (Phi) is 4.39. The summed E-state index contributed by atoms with van der Waals surface area (Å²) in [7, 11) is 0. The summed E-state index contributed by atoms with van der Waals surface area (Å²) in [5.41, 5.74) is 2.72. The number of halogens is 1. The molecular formula is C17H17ClO. The summed E-state index contributed by atoms with van der Waals surface area (Å²) in [6.07, 6.45) is 0. The van der Waals surface area contributed by atoms with Crippen LogP contribution in [0.25, 0.3) is 0 Å². The molecule has 0 aliphatic carbocycles. The predicted molar refractivity (Wildman–Crippen MR) is 79.9 cm³/mol. The first-order valence-corrected chi connectivity index (χ1v) is 6.86. The van der Waals surface area contributed by atoms with Crippen LogP contribution in [0.5, 0.6) is 0 Å². The molecule has 1 atom stereocenters. The second kappa shape index (κ2) is 6.03. The normalized spacial score (nSPS) is 12.4. The van der Waals surface area contributed by atoms with E-state index in [1.807, 2.05) is 54.6 Å². The van der Waals surface area contributed by atoms with E-state index in [0.29, 0.717) is 11.5 Å². The molecule has 0 amide bonds. The lowest BCUT2D eigenvalue weighted by Gasteiger charge is -2.10. The van der Waals surface area contributed by atoms with E-state index in [1.165, 1.54) is 5.56 Å². The first-order valence-electron chi connectivity index (χ1n) is 6.43. The third kappa shape index (κ3) is 3.24. The van der Waals surface area contributed by atoms with Gasteiger partial charge in [-0.1, -0.05) is 68.4 Å². The maximum Gasteiger partial charge on any atom is 0.185 e. The highest BCUT2D eigenvalue weighted by Gasteiger charge is 2.19. The molecule has 0 aliphatic rings. The van der Waals surface area contributed by atoms with Crippen LogP contribution in [0.15, 0.2) is 54.6 Å². The quantitative estimate of drug-likeness (QED) is 0.567. The molecule has 0 aromatic heterocycles. The molecule has 0 fully saturated rings. The summed E-state index contributed by atoms with van der Waals surface area (Å²) < 4.78 is 0. The molecule has 2 heteroatoms. The number of carbonyl (C=O) groups is 1. The van der Waals surface area contributed by atoms with E-state index >= 15 is 0 Å². The van der Waals surface area contributed by atoms with Gasteiger partial charge in [-0.2, -0.15) is 0 Å². The summed E-state index contributed by atoms with van der Waals surface area (Å²) in [6.45, 7) is 4.26. The van der Waals surface area contributed by atoms with Gasteiger partial charge in [0.15, 0.2) is 5.78 Å². The summed E-state index contributed by atoms with van der Waals surface area (Å²) in [5.74, 6) is 0.410. The summed E-state index contributed by atoms with van der Waals surface area (Å²) in [5, 5.41) is -0.619. The lowest BCUT2D eigenvalue weighted by Crippen LogP contribution is -2.07. The van der Waals surface area contributed by atoms with Gasteiger partial charge in [0.05, 0.1) is 0 Å². The Labute approximate surface area is 119 Å². The first kappa shape index (κ1) is 13.8. The van der Waals surface area contributed by atoms with Crippen molar-refractivity contribution in [1.29, 1.82) is 0 Å². The molecule has 0 heterocycles. The SMILES string of the molecule is CC(C)c1ccc(C(=O)C(Cl)c2ccccc2)cc1. The fourth-order valence-corrected chi connectivity index (χ4v) is 2.22. The van der Waals surface area contributed by atoms with Gasteiger partial charge in [-0.3, -0.25) is 4.79 Å². The number of carbonyl (C=O) groups excluding carboxylic acids is 1. The minimum atomic E-state index is -0.619.